The molecule has 1 amide bonds. The highest BCUT2D eigenvalue weighted by molar-refractivity contribution is 6.29. The van der Waals surface area contributed by atoms with Crippen molar-refractivity contribution >= 4 is 23.5 Å². The number of likely N-dealkylation sites (tertiary alicyclic amines) is 1. The van der Waals surface area contributed by atoms with E-state index in [1.807, 2.05) is 0 Å². The largest absolute Gasteiger partial charge is 0.466 e. The quantitative estimate of drug-likeness (QED) is 0.800. The molecule has 0 unspecified atom stereocenters. The van der Waals surface area contributed by atoms with Crippen LogP contribution in [-0.4, -0.2) is 36.5 Å². The summed E-state index contributed by atoms with van der Waals surface area (Å²) in [5, 5.41) is 0.183. The summed E-state index contributed by atoms with van der Waals surface area (Å²) >= 11 is 5.65. The van der Waals surface area contributed by atoms with Crippen molar-refractivity contribution < 1.29 is 18.7 Å². The maximum absolute atomic E-state index is 12.2. The van der Waals surface area contributed by atoms with E-state index in [1.165, 1.54) is 6.07 Å². The van der Waals surface area contributed by atoms with Gasteiger partial charge in [-0.1, -0.05) is 0 Å². The molecule has 0 aromatic carbocycles. The van der Waals surface area contributed by atoms with Crippen molar-refractivity contribution in [1.29, 1.82) is 0 Å². The molecule has 0 bridgehead atoms. The summed E-state index contributed by atoms with van der Waals surface area (Å²) in [5.41, 5.74) is 0. The van der Waals surface area contributed by atoms with Crippen LogP contribution in [0.15, 0.2) is 16.5 Å². The number of carbonyl (C=O) groups excluding carboxylic acids is 2. The number of piperidine rings is 1. The van der Waals surface area contributed by atoms with Crippen molar-refractivity contribution in [3.05, 3.63) is 23.1 Å². The molecule has 6 heteroatoms. The molecule has 19 heavy (non-hydrogen) atoms. The van der Waals surface area contributed by atoms with Gasteiger partial charge in [0.05, 0.1) is 12.5 Å². The maximum Gasteiger partial charge on any atom is 0.310 e. The van der Waals surface area contributed by atoms with Crippen LogP contribution in [-0.2, 0) is 9.53 Å². The molecule has 2 rings (SSSR count). The average Bonchev–Trinajstić information content (AvgIpc) is 2.85. The highest BCUT2D eigenvalue weighted by Gasteiger charge is 2.30. The lowest BCUT2D eigenvalue weighted by Crippen LogP contribution is -2.42. The van der Waals surface area contributed by atoms with E-state index >= 15 is 0 Å². The van der Waals surface area contributed by atoms with Crippen LogP contribution in [0.4, 0.5) is 0 Å². The molecule has 1 fully saturated rings. The Morgan fingerprint density at radius 1 is 1.53 bits per heavy atom. The lowest BCUT2D eigenvalue weighted by atomic mass is 9.98. The minimum absolute atomic E-state index is 0.183. The van der Waals surface area contributed by atoms with Crippen molar-refractivity contribution in [1.82, 2.24) is 4.90 Å². The van der Waals surface area contributed by atoms with Gasteiger partial charge < -0.3 is 14.1 Å². The fourth-order valence-corrected chi connectivity index (χ4v) is 2.35. The van der Waals surface area contributed by atoms with Gasteiger partial charge >= 0.3 is 5.97 Å². The van der Waals surface area contributed by atoms with E-state index in [0.717, 1.165) is 12.8 Å². The summed E-state index contributed by atoms with van der Waals surface area (Å²) in [4.78, 5) is 25.5. The highest BCUT2D eigenvalue weighted by Crippen LogP contribution is 2.21. The predicted octanol–water partition coefficient (Wildman–Crippen LogP) is 2.35. The van der Waals surface area contributed by atoms with Crippen molar-refractivity contribution in [2.45, 2.75) is 19.8 Å². The minimum Gasteiger partial charge on any atom is -0.466 e. The normalized spacial score (nSPS) is 19.3. The third kappa shape index (κ3) is 3.29. The lowest BCUT2D eigenvalue weighted by molar-refractivity contribution is -0.149. The molecule has 0 spiro atoms. The maximum atomic E-state index is 12.2. The molecule has 1 saturated heterocycles. The fraction of sp³-hybridized carbons (Fsp3) is 0.538. The fourth-order valence-electron chi connectivity index (χ4n) is 2.20. The summed E-state index contributed by atoms with van der Waals surface area (Å²) in [6.07, 6.45) is 1.53. The molecule has 1 atom stereocenters. The number of hydrogen-bond donors (Lipinski definition) is 0. The van der Waals surface area contributed by atoms with Gasteiger partial charge in [0.1, 0.15) is 0 Å². The first kappa shape index (κ1) is 13.9. The van der Waals surface area contributed by atoms with Gasteiger partial charge in [0.2, 0.25) is 0 Å². The Balaban J connectivity index is 2.01. The van der Waals surface area contributed by atoms with E-state index < -0.39 is 0 Å². The van der Waals surface area contributed by atoms with Gasteiger partial charge in [-0.3, -0.25) is 9.59 Å². The SMILES string of the molecule is CCOC(=O)[C@H]1CCCN(C(=O)c2ccc(Cl)o2)C1. The van der Waals surface area contributed by atoms with E-state index in [9.17, 15) is 9.59 Å². The zero-order valence-electron chi connectivity index (χ0n) is 10.7. The molecule has 1 aliphatic rings. The summed E-state index contributed by atoms with van der Waals surface area (Å²) in [6, 6.07) is 3.07. The van der Waals surface area contributed by atoms with Gasteiger partial charge in [0, 0.05) is 13.1 Å². The van der Waals surface area contributed by atoms with Crippen molar-refractivity contribution in [2.24, 2.45) is 5.92 Å². The Hall–Kier alpha value is -1.49. The molecule has 104 valence electrons. The third-order valence-electron chi connectivity index (χ3n) is 3.11. The van der Waals surface area contributed by atoms with Crippen LogP contribution in [0.5, 0.6) is 0 Å². The van der Waals surface area contributed by atoms with Gasteiger partial charge in [-0.15, -0.1) is 0 Å². The Morgan fingerprint density at radius 2 is 2.32 bits per heavy atom. The summed E-state index contributed by atoms with van der Waals surface area (Å²) in [6.45, 7) is 3.12. The number of hydrogen-bond acceptors (Lipinski definition) is 4. The predicted molar refractivity (Wildman–Crippen MR) is 69.0 cm³/mol. The molecule has 5 nitrogen and oxygen atoms in total. The Kier molecular flexibility index (Phi) is 4.47. The van der Waals surface area contributed by atoms with Crippen LogP contribution >= 0.6 is 11.6 Å². The third-order valence-corrected chi connectivity index (χ3v) is 3.32. The van der Waals surface area contributed by atoms with Gasteiger partial charge in [0.15, 0.2) is 11.0 Å². The van der Waals surface area contributed by atoms with Crippen LogP contribution in [0, 0.1) is 5.92 Å². The van der Waals surface area contributed by atoms with E-state index in [0.29, 0.717) is 19.7 Å². The lowest BCUT2D eigenvalue weighted by Gasteiger charge is -2.30. The summed E-state index contributed by atoms with van der Waals surface area (Å²) in [5.74, 6) is -0.518. The molecule has 1 aromatic rings. The first-order valence-corrected chi connectivity index (χ1v) is 6.71. The van der Waals surface area contributed by atoms with Gasteiger partial charge in [0.25, 0.3) is 5.91 Å². The minimum atomic E-state index is -0.247. The molecular weight excluding hydrogens is 270 g/mol. The summed E-state index contributed by atoms with van der Waals surface area (Å²) in [7, 11) is 0. The number of esters is 1. The molecule has 0 N–H and O–H groups in total. The Morgan fingerprint density at radius 3 is 2.95 bits per heavy atom. The molecule has 1 aromatic heterocycles. The molecule has 1 aliphatic heterocycles. The number of amides is 1. The molecular formula is C13H16ClNO4. The van der Waals surface area contributed by atoms with Gasteiger partial charge in [-0.25, -0.2) is 0 Å². The van der Waals surface area contributed by atoms with Crippen LogP contribution < -0.4 is 0 Å². The molecule has 0 saturated carbocycles. The monoisotopic (exact) mass is 285 g/mol. The smallest absolute Gasteiger partial charge is 0.310 e. The molecule has 2 heterocycles. The van der Waals surface area contributed by atoms with Gasteiger partial charge in [-0.2, -0.15) is 0 Å². The molecule has 0 radical (unpaired) electrons. The van der Waals surface area contributed by atoms with Crippen molar-refractivity contribution in [3.63, 3.8) is 0 Å². The highest BCUT2D eigenvalue weighted by atomic mass is 35.5. The van der Waals surface area contributed by atoms with E-state index in [2.05, 4.69) is 0 Å². The van der Waals surface area contributed by atoms with E-state index in [1.54, 1.807) is 17.9 Å². The van der Waals surface area contributed by atoms with Gasteiger partial charge in [-0.05, 0) is 43.5 Å². The van der Waals surface area contributed by atoms with Crippen molar-refractivity contribution in [3.8, 4) is 0 Å². The number of carbonyl (C=O) groups is 2. The van der Waals surface area contributed by atoms with E-state index in [-0.39, 0.29) is 28.8 Å². The Bertz CT molecular complexity index is 471. The van der Waals surface area contributed by atoms with Crippen molar-refractivity contribution in [2.75, 3.05) is 19.7 Å². The second kappa shape index (κ2) is 6.10. The van der Waals surface area contributed by atoms with Crippen LogP contribution in [0.2, 0.25) is 5.22 Å². The molecule has 0 aliphatic carbocycles. The van der Waals surface area contributed by atoms with Crippen LogP contribution in [0.3, 0.4) is 0 Å². The average molecular weight is 286 g/mol. The number of halogens is 1. The zero-order chi connectivity index (χ0) is 13.8. The van der Waals surface area contributed by atoms with E-state index in [4.69, 9.17) is 20.8 Å². The number of furan rings is 1. The van der Waals surface area contributed by atoms with Crippen LogP contribution in [0.25, 0.3) is 0 Å². The number of nitrogens with zero attached hydrogens (tertiary/aromatic N) is 1. The first-order valence-electron chi connectivity index (χ1n) is 6.33. The van der Waals surface area contributed by atoms with Crippen LogP contribution in [0.1, 0.15) is 30.3 Å². The topological polar surface area (TPSA) is 59.8 Å². The second-order valence-electron chi connectivity index (χ2n) is 4.45. The Labute approximate surface area is 116 Å². The number of ether oxygens (including phenoxy) is 1. The summed E-state index contributed by atoms with van der Waals surface area (Å²) < 4.78 is 10.1. The zero-order valence-corrected chi connectivity index (χ0v) is 11.5. The first-order chi connectivity index (χ1) is 9.11. The standard InChI is InChI=1S/C13H16ClNO4/c1-2-18-13(17)9-4-3-7-15(8-9)12(16)10-5-6-11(14)19-10/h5-6,9H,2-4,7-8H2,1H3/t9-/m0/s1. The number of rotatable bonds is 3. The second-order valence-corrected chi connectivity index (χ2v) is 4.82.